The number of carbonyl (C=O) groups is 2. The van der Waals surface area contributed by atoms with E-state index < -0.39 is 17.9 Å². The van der Waals surface area contributed by atoms with Gasteiger partial charge in [0.1, 0.15) is 5.82 Å². The van der Waals surface area contributed by atoms with Gasteiger partial charge >= 0.3 is 5.97 Å². The molecule has 0 bridgehead atoms. The molecule has 1 aromatic heterocycles. The van der Waals surface area contributed by atoms with Crippen LogP contribution in [-0.4, -0.2) is 39.4 Å². The molecule has 1 unspecified atom stereocenters. The van der Waals surface area contributed by atoms with Gasteiger partial charge in [0.2, 0.25) is 5.91 Å². The second-order valence-electron chi connectivity index (χ2n) is 6.69. The second kappa shape index (κ2) is 6.94. The largest absolute Gasteiger partial charge is 0.478 e. The molecule has 7 heteroatoms. The van der Waals surface area contributed by atoms with Crippen LogP contribution < -0.4 is 10.6 Å². The molecule has 28 heavy (non-hydrogen) atoms. The first-order chi connectivity index (χ1) is 13.5. The van der Waals surface area contributed by atoms with Gasteiger partial charge in [-0.25, -0.2) is 9.48 Å². The highest BCUT2D eigenvalue weighted by Gasteiger charge is 2.41. The van der Waals surface area contributed by atoms with Crippen LogP contribution in [0.25, 0.3) is 5.69 Å². The predicted molar refractivity (Wildman–Crippen MR) is 105 cm³/mol. The number of carboxylic acids is 1. The summed E-state index contributed by atoms with van der Waals surface area (Å²) in [4.78, 5) is 26.1. The number of hydrogen-bond donors (Lipinski definition) is 2. The summed E-state index contributed by atoms with van der Waals surface area (Å²) < 4.78 is 1.73. The highest BCUT2D eigenvalue weighted by molar-refractivity contribution is 6.01. The molecule has 0 fully saturated rings. The molecule has 3 N–H and O–H groups in total. The number of carboxylic acid groups (broad SMARTS) is 1. The van der Waals surface area contributed by atoms with Crippen molar-refractivity contribution in [2.24, 2.45) is 5.73 Å². The molecule has 7 nitrogen and oxygen atoms in total. The second-order valence-corrected chi connectivity index (χ2v) is 6.69. The first kappa shape index (κ1) is 17.9. The lowest BCUT2D eigenvalue weighted by Crippen LogP contribution is -2.51. The van der Waals surface area contributed by atoms with Crippen LogP contribution in [0.3, 0.4) is 0 Å². The van der Waals surface area contributed by atoms with Crippen LogP contribution in [0.2, 0.25) is 0 Å². The van der Waals surface area contributed by atoms with E-state index in [1.54, 1.807) is 34.0 Å². The van der Waals surface area contributed by atoms with Gasteiger partial charge in [0.05, 0.1) is 23.5 Å². The Kier molecular flexibility index (Phi) is 4.44. The van der Waals surface area contributed by atoms with E-state index >= 15 is 0 Å². The standard InChI is InChI=1S/C21H20N4O3/c1-2-24-19-16(12-23-25(19)15-9-4-3-5-10-15)17(18(22)20(24)26)13-7-6-8-14(11-13)21(27)28/h3-12,17-18H,2,22H2,1H3,(H,27,28)/t17-,18?/m1/s1. The van der Waals surface area contributed by atoms with Crippen LogP contribution in [0.4, 0.5) is 5.82 Å². The number of amides is 1. The third kappa shape index (κ3) is 2.76. The van der Waals surface area contributed by atoms with Crippen molar-refractivity contribution >= 4 is 17.7 Å². The number of fused-ring (bicyclic) bond motifs is 1. The lowest BCUT2D eigenvalue weighted by molar-refractivity contribution is -0.120. The maximum absolute atomic E-state index is 13.0. The highest BCUT2D eigenvalue weighted by atomic mass is 16.4. The fourth-order valence-electron chi connectivity index (χ4n) is 3.78. The maximum atomic E-state index is 13.0. The molecular formula is C21H20N4O3. The third-order valence-corrected chi connectivity index (χ3v) is 5.08. The van der Waals surface area contributed by atoms with Gasteiger partial charge in [0.15, 0.2) is 0 Å². The normalized spacial score (nSPS) is 18.8. The third-order valence-electron chi connectivity index (χ3n) is 5.08. The highest BCUT2D eigenvalue weighted by Crippen LogP contribution is 2.40. The number of nitrogens with two attached hydrogens (primary N) is 1. The number of rotatable bonds is 4. The molecule has 0 radical (unpaired) electrons. The van der Waals surface area contributed by atoms with Crippen LogP contribution in [0, 0.1) is 0 Å². The van der Waals surface area contributed by atoms with Crippen LogP contribution in [-0.2, 0) is 4.79 Å². The van der Waals surface area contributed by atoms with Crippen molar-refractivity contribution < 1.29 is 14.7 Å². The number of aromatic carboxylic acids is 1. The number of hydrogen-bond acceptors (Lipinski definition) is 4. The smallest absolute Gasteiger partial charge is 0.335 e. The SMILES string of the molecule is CCN1C(=O)C(N)[C@H](c2cccc(C(=O)O)c2)c2cnn(-c3ccccc3)c21. The summed E-state index contributed by atoms with van der Waals surface area (Å²) in [7, 11) is 0. The Bertz CT molecular complexity index is 1040. The summed E-state index contributed by atoms with van der Waals surface area (Å²) in [6, 6.07) is 15.3. The summed E-state index contributed by atoms with van der Waals surface area (Å²) in [6.07, 6.45) is 1.72. The molecule has 0 saturated carbocycles. The molecule has 142 valence electrons. The topological polar surface area (TPSA) is 101 Å². The number of carbonyl (C=O) groups excluding carboxylic acids is 1. The Hall–Kier alpha value is -3.45. The molecule has 3 aromatic rings. The van der Waals surface area contributed by atoms with E-state index in [1.807, 2.05) is 37.3 Å². The zero-order valence-corrected chi connectivity index (χ0v) is 15.3. The summed E-state index contributed by atoms with van der Waals surface area (Å²) >= 11 is 0. The van der Waals surface area contributed by atoms with Crippen LogP contribution in [0.1, 0.15) is 34.3 Å². The van der Waals surface area contributed by atoms with E-state index in [0.717, 1.165) is 11.3 Å². The van der Waals surface area contributed by atoms with Gasteiger partial charge in [-0.3, -0.25) is 9.69 Å². The Balaban J connectivity index is 1.91. The van der Waals surface area contributed by atoms with Gasteiger partial charge in [-0.05, 0) is 36.8 Å². The molecule has 1 aliphatic rings. The van der Waals surface area contributed by atoms with E-state index in [1.165, 1.54) is 6.07 Å². The van der Waals surface area contributed by atoms with Crippen molar-refractivity contribution in [2.45, 2.75) is 18.9 Å². The first-order valence-corrected chi connectivity index (χ1v) is 9.06. The summed E-state index contributed by atoms with van der Waals surface area (Å²) in [5.41, 5.74) is 8.82. The number of para-hydroxylation sites is 1. The Morgan fingerprint density at radius 1 is 1.18 bits per heavy atom. The molecule has 2 aromatic carbocycles. The van der Waals surface area contributed by atoms with Gasteiger partial charge in [-0.15, -0.1) is 0 Å². The summed E-state index contributed by atoms with van der Waals surface area (Å²) in [6.45, 7) is 2.35. The monoisotopic (exact) mass is 376 g/mol. The Labute approximate surface area is 162 Å². The summed E-state index contributed by atoms with van der Waals surface area (Å²) in [5, 5.41) is 13.9. The molecule has 0 spiro atoms. The minimum Gasteiger partial charge on any atom is -0.478 e. The lowest BCUT2D eigenvalue weighted by Gasteiger charge is -2.36. The zero-order valence-electron chi connectivity index (χ0n) is 15.3. The molecule has 1 amide bonds. The fraction of sp³-hybridized carbons (Fsp3) is 0.190. The lowest BCUT2D eigenvalue weighted by atomic mass is 9.82. The van der Waals surface area contributed by atoms with Gasteiger partial charge < -0.3 is 10.8 Å². The van der Waals surface area contributed by atoms with Crippen LogP contribution in [0.5, 0.6) is 0 Å². The molecule has 0 saturated heterocycles. The van der Waals surface area contributed by atoms with E-state index in [-0.39, 0.29) is 11.5 Å². The van der Waals surface area contributed by atoms with Crippen molar-refractivity contribution in [3.63, 3.8) is 0 Å². The number of benzene rings is 2. The molecule has 0 aliphatic carbocycles. The Morgan fingerprint density at radius 3 is 2.61 bits per heavy atom. The van der Waals surface area contributed by atoms with Crippen molar-refractivity contribution in [3.8, 4) is 5.69 Å². The van der Waals surface area contributed by atoms with Crippen LogP contribution >= 0.6 is 0 Å². The Morgan fingerprint density at radius 2 is 1.93 bits per heavy atom. The molecular weight excluding hydrogens is 356 g/mol. The number of anilines is 1. The number of nitrogens with zero attached hydrogens (tertiary/aromatic N) is 3. The van der Waals surface area contributed by atoms with Gasteiger partial charge in [-0.2, -0.15) is 5.10 Å². The van der Waals surface area contributed by atoms with Gasteiger partial charge in [0.25, 0.3) is 0 Å². The van der Waals surface area contributed by atoms with E-state index in [4.69, 9.17) is 5.73 Å². The minimum atomic E-state index is -1.02. The minimum absolute atomic E-state index is 0.159. The maximum Gasteiger partial charge on any atom is 0.335 e. The predicted octanol–water partition coefficient (Wildman–Crippen LogP) is 2.40. The number of likely N-dealkylation sites (N-methyl/N-ethyl adjacent to an activating group) is 1. The molecule has 2 heterocycles. The van der Waals surface area contributed by atoms with Crippen molar-refractivity contribution in [2.75, 3.05) is 11.4 Å². The molecule has 2 atom stereocenters. The first-order valence-electron chi connectivity index (χ1n) is 9.06. The average Bonchev–Trinajstić information content (AvgIpc) is 3.14. The number of aromatic nitrogens is 2. The quantitative estimate of drug-likeness (QED) is 0.728. The average molecular weight is 376 g/mol. The van der Waals surface area contributed by atoms with Crippen LogP contribution in [0.15, 0.2) is 60.8 Å². The fourth-order valence-corrected chi connectivity index (χ4v) is 3.78. The zero-order chi connectivity index (χ0) is 19.8. The van der Waals surface area contributed by atoms with E-state index in [0.29, 0.717) is 17.9 Å². The van der Waals surface area contributed by atoms with Crippen molar-refractivity contribution in [3.05, 3.63) is 77.5 Å². The van der Waals surface area contributed by atoms with E-state index in [9.17, 15) is 14.7 Å². The van der Waals surface area contributed by atoms with Gasteiger partial charge in [-0.1, -0.05) is 30.3 Å². The molecule has 1 aliphatic heterocycles. The van der Waals surface area contributed by atoms with Gasteiger partial charge in [0, 0.05) is 18.0 Å². The molecule has 4 rings (SSSR count). The van der Waals surface area contributed by atoms with E-state index in [2.05, 4.69) is 5.10 Å². The summed E-state index contributed by atoms with van der Waals surface area (Å²) in [5.74, 6) is -1.03. The van der Waals surface area contributed by atoms with Crippen molar-refractivity contribution in [1.82, 2.24) is 9.78 Å². The van der Waals surface area contributed by atoms with Crippen molar-refractivity contribution in [1.29, 1.82) is 0 Å².